The zero-order valence-electron chi connectivity index (χ0n) is 11.9. The predicted octanol–water partition coefficient (Wildman–Crippen LogP) is 2.67. The summed E-state index contributed by atoms with van der Waals surface area (Å²) in [6.07, 6.45) is 2.70. The number of fused-ring (bicyclic) bond motifs is 1. The van der Waals surface area contributed by atoms with Crippen molar-refractivity contribution in [2.75, 3.05) is 6.54 Å². The van der Waals surface area contributed by atoms with Crippen LogP contribution in [-0.4, -0.2) is 38.3 Å². The van der Waals surface area contributed by atoms with Gasteiger partial charge in [0.25, 0.3) is 0 Å². The van der Waals surface area contributed by atoms with Crippen LogP contribution in [0.4, 0.5) is 0 Å². The van der Waals surface area contributed by atoms with E-state index < -0.39 is 12.0 Å². The number of carboxylic acids is 1. The van der Waals surface area contributed by atoms with E-state index in [9.17, 15) is 9.90 Å². The average molecular weight is 308 g/mol. The molecule has 0 radical (unpaired) electrons. The number of carbonyl (C=O) groups is 1. The molecule has 1 fully saturated rings. The molecule has 1 aromatic carbocycles. The fourth-order valence-electron chi connectivity index (χ4n) is 3.12. The fraction of sp³-hybridized carbons (Fsp3) is 0.467. The van der Waals surface area contributed by atoms with Crippen LogP contribution in [0.1, 0.15) is 25.0 Å². The van der Waals surface area contributed by atoms with Gasteiger partial charge in [-0.1, -0.05) is 24.1 Å². The molecule has 3 rings (SSSR count). The molecule has 1 aliphatic rings. The van der Waals surface area contributed by atoms with Crippen molar-refractivity contribution in [3.8, 4) is 0 Å². The molecule has 0 bridgehead atoms. The second-order valence-electron chi connectivity index (χ2n) is 5.52. The lowest BCUT2D eigenvalue weighted by Gasteiger charge is -2.32. The van der Waals surface area contributed by atoms with Crippen LogP contribution < -0.4 is 0 Å². The first-order chi connectivity index (χ1) is 10.1. The first-order valence-corrected chi connectivity index (χ1v) is 7.52. The minimum absolute atomic E-state index is 0.418. The van der Waals surface area contributed by atoms with E-state index in [4.69, 9.17) is 11.6 Å². The number of piperidine rings is 1. The molecule has 0 amide bonds. The van der Waals surface area contributed by atoms with Gasteiger partial charge in [0.15, 0.2) is 0 Å². The van der Waals surface area contributed by atoms with E-state index >= 15 is 0 Å². The summed E-state index contributed by atoms with van der Waals surface area (Å²) >= 11 is 6.30. The Hall–Kier alpha value is -1.59. The highest BCUT2D eigenvalue weighted by Crippen LogP contribution is 2.28. The number of hydrogen-bond donors (Lipinski definition) is 1. The Kier molecular flexibility index (Phi) is 3.87. The van der Waals surface area contributed by atoms with Crippen molar-refractivity contribution < 1.29 is 9.90 Å². The number of carboxylic acid groups (broad SMARTS) is 1. The van der Waals surface area contributed by atoms with Crippen LogP contribution in [0.5, 0.6) is 0 Å². The number of nitrogens with zero attached hydrogens (tertiary/aromatic N) is 3. The first kappa shape index (κ1) is 14.4. The van der Waals surface area contributed by atoms with Gasteiger partial charge in [-0.15, -0.1) is 0 Å². The average Bonchev–Trinajstić information content (AvgIpc) is 2.77. The van der Waals surface area contributed by atoms with Crippen LogP contribution in [0.25, 0.3) is 10.9 Å². The summed E-state index contributed by atoms with van der Waals surface area (Å²) in [6.45, 7) is 1.32. The van der Waals surface area contributed by atoms with Crippen molar-refractivity contribution >= 4 is 28.5 Å². The SMILES string of the molecule is Cn1nc(CN2CCCCC2C(=O)O)c2c(Cl)cccc21. The van der Waals surface area contributed by atoms with Gasteiger partial charge < -0.3 is 5.11 Å². The molecule has 0 aliphatic carbocycles. The number of aliphatic carboxylic acids is 1. The lowest BCUT2D eigenvalue weighted by atomic mass is 10.0. The third-order valence-electron chi connectivity index (χ3n) is 4.15. The minimum atomic E-state index is -0.749. The second kappa shape index (κ2) is 5.66. The van der Waals surface area contributed by atoms with Crippen molar-refractivity contribution in [1.29, 1.82) is 0 Å². The van der Waals surface area contributed by atoms with Crippen LogP contribution in [0, 0.1) is 0 Å². The van der Waals surface area contributed by atoms with Gasteiger partial charge >= 0.3 is 5.97 Å². The molecular weight excluding hydrogens is 290 g/mol. The molecule has 1 atom stereocenters. The van der Waals surface area contributed by atoms with E-state index in [1.807, 2.05) is 30.1 Å². The maximum Gasteiger partial charge on any atom is 0.320 e. The molecule has 0 spiro atoms. The van der Waals surface area contributed by atoms with Crippen LogP contribution in [0.2, 0.25) is 5.02 Å². The molecule has 0 saturated carbocycles. The highest BCUT2D eigenvalue weighted by Gasteiger charge is 2.29. The molecule has 2 aromatic rings. The van der Waals surface area contributed by atoms with Gasteiger partial charge in [-0.05, 0) is 31.5 Å². The zero-order chi connectivity index (χ0) is 15.0. The van der Waals surface area contributed by atoms with E-state index in [1.165, 1.54) is 0 Å². The molecule has 2 heterocycles. The summed E-state index contributed by atoms with van der Waals surface area (Å²) in [7, 11) is 1.88. The maximum atomic E-state index is 11.4. The maximum absolute atomic E-state index is 11.4. The number of halogens is 1. The van der Waals surface area contributed by atoms with Crippen molar-refractivity contribution in [1.82, 2.24) is 14.7 Å². The molecule has 1 N–H and O–H groups in total. The molecule has 1 saturated heterocycles. The lowest BCUT2D eigenvalue weighted by molar-refractivity contribution is -0.144. The van der Waals surface area contributed by atoms with Crippen LogP contribution in [0.15, 0.2) is 18.2 Å². The number of likely N-dealkylation sites (tertiary alicyclic amines) is 1. The summed E-state index contributed by atoms with van der Waals surface area (Å²) in [5.74, 6) is -0.749. The molecular formula is C15H18ClN3O2. The van der Waals surface area contributed by atoms with E-state index in [-0.39, 0.29) is 0 Å². The van der Waals surface area contributed by atoms with Gasteiger partial charge in [-0.25, -0.2) is 0 Å². The number of hydrogen-bond acceptors (Lipinski definition) is 3. The minimum Gasteiger partial charge on any atom is -0.480 e. The summed E-state index contributed by atoms with van der Waals surface area (Å²) in [6, 6.07) is 5.30. The van der Waals surface area contributed by atoms with Gasteiger partial charge in [0, 0.05) is 19.0 Å². The van der Waals surface area contributed by atoms with Gasteiger partial charge in [0.1, 0.15) is 6.04 Å². The molecule has 1 aromatic heterocycles. The summed E-state index contributed by atoms with van der Waals surface area (Å²) < 4.78 is 1.80. The third kappa shape index (κ3) is 2.63. The van der Waals surface area contributed by atoms with E-state index in [2.05, 4.69) is 5.10 Å². The second-order valence-corrected chi connectivity index (χ2v) is 5.93. The predicted molar refractivity (Wildman–Crippen MR) is 81.4 cm³/mol. The topological polar surface area (TPSA) is 58.4 Å². The Bertz CT molecular complexity index is 683. The van der Waals surface area contributed by atoms with Crippen molar-refractivity contribution in [2.45, 2.75) is 31.8 Å². The van der Waals surface area contributed by atoms with Gasteiger partial charge in [-0.3, -0.25) is 14.4 Å². The molecule has 5 nitrogen and oxygen atoms in total. The van der Waals surface area contributed by atoms with Gasteiger partial charge in [-0.2, -0.15) is 5.10 Å². The van der Waals surface area contributed by atoms with Crippen molar-refractivity contribution in [3.05, 3.63) is 28.9 Å². The first-order valence-electron chi connectivity index (χ1n) is 7.15. The summed E-state index contributed by atoms with van der Waals surface area (Å²) in [5.41, 5.74) is 1.83. The Balaban J connectivity index is 1.96. The lowest BCUT2D eigenvalue weighted by Crippen LogP contribution is -2.44. The molecule has 112 valence electrons. The largest absolute Gasteiger partial charge is 0.480 e. The smallest absolute Gasteiger partial charge is 0.320 e. The highest BCUT2D eigenvalue weighted by atomic mass is 35.5. The Morgan fingerprint density at radius 2 is 2.29 bits per heavy atom. The Labute approximate surface area is 128 Å². The van der Waals surface area contributed by atoms with Crippen LogP contribution in [-0.2, 0) is 18.4 Å². The number of aryl methyl sites for hydroxylation is 1. The van der Waals surface area contributed by atoms with Crippen LogP contribution >= 0.6 is 11.6 Å². The quantitative estimate of drug-likeness (QED) is 0.947. The zero-order valence-corrected chi connectivity index (χ0v) is 12.7. The van der Waals surface area contributed by atoms with E-state index in [0.29, 0.717) is 18.0 Å². The molecule has 21 heavy (non-hydrogen) atoms. The van der Waals surface area contributed by atoms with Gasteiger partial charge in [0.05, 0.1) is 16.2 Å². The van der Waals surface area contributed by atoms with Gasteiger partial charge in [0.2, 0.25) is 0 Å². The normalized spacial score (nSPS) is 20.0. The van der Waals surface area contributed by atoms with Crippen molar-refractivity contribution in [2.24, 2.45) is 7.05 Å². The Morgan fingerprint density at radius 3 is 3.05 bits per heavy atom. The third-order valence-corrected chi connectivity index (χ3v) is 4.47. The van der Waals surface area contributed by atoms with Crippen LogP contribution in [0.3, 0.4) is 0 Å². The number of benzene rings is 1. The Morgan fingerprint density at radius 1 is 1.48 bits per heavy atom. The molecule has 1 unspecified atom stereocenters. The molecule has 6 heteroatoms. The van der Waals surface area contributed by atoms with E-state index in [0.717, 1.165) is 36.0 Å². The highest BCUT2D eigenvalue weighted by molar-refractivity contribution is 6.35. The van der Waals surface area contributed by atoms with Crippen molar-refractivity contribution in [3.63, 3.8) is 0 Å². The monoisotopic (exact) mass is 307 g/mol. The number of rotatable bonds is 3. The summed E-state index contributed by atoms with van der Waals surface area (Å²) in [5, 5.41) is 15.5. The number of aromatic nitrogens is 2. The fourth-order valence-corrected chi connectivity index (χ4v) is 3.39. The van der Waals surface area contributed by atoms with E-state index in [1.54, 1.807) is 4.68 Å². The molecule has 1 aliphatic heterocycles. The summed E-state index contributed by atoms with van der Waals surface area (Å²) in [4.78, 5) is 13.4. The standard InChI is InChI=1S/C15H18ClN3O2/c1-18-12-7-4-5-10(16)14(12)11(17-18)9-19-8-3-2-6-13(19)15(20)21/h4-5,7,13H,2-3,6,8-9H2,1H3,(H,20,21).